The molecule has 0 fully saturated rings. The molecule has 2 unspecified atom stereocenters. The van der Waals surface area contributed by atoms with Gasteiger partial charge in [-0.3, -0.25) is 0 Å². The number of aliphatic hydroxyl groups is 1. The molecular weight excluding hydrogens is 208 g/mol. The van der Waals surface area contributed by atoms with Gasteiger partial charge in [-0.15, -0.1) is 0 Å². The Morgan fingerprint density at radius 2 is 1.81 bits per heavy atom. The van der Waals surface area contributed by atoms with Crippen LogP contribution in [0.2, 0.25) is 0 Å². The average Bonchev–Trinajstić information content (AvgIpc) is 2.36. The second kappa shape index (κ2) is 5.51. The van der Waals surface area contributed by atoms with E-state index >= 15 is 0 Å². The Hall–Kier alpha value is -1.55. The predicted octanol–water partition coefficient (Wildman–Crippen LogP) is 1.33. The maximum absolute atomic E-state index is 11.2. The van der Waals surface area contributed by atoms with Crippen LogP contribution in [0.4, 0.5) is 0 Å². The molecule has 88 valence electrons. The van der Waals surface area contributed by atoms with Crippen LogP contribution in [0.15, 0.2) is 24.3 Å². The molecule has 1 aromatic rings. The first kappa shape index (κ1) is 12.5. The Balaban J connectivity index is 2.79. The molecule has 4 nitrogen and oxygen atoms in total. The first-order valence-corrected chi connectivity index (χ1v) is 5.00. The molecule has 0 aliphatic rings. The average molecular weight is 224 g/mol. The Kier molecular flexibility index (Phi) is 4.31. The Bertz CT molecular complexity index is 345. The fourth-order valence-corrected chi connectivity index (χ4v) is 1.41. The molecule has 0 heterocycles. The quantitative estimate of drug-likeness (QED) is 0.784. The van der Waals surface area contributed by atoms with Crippen molar-refractivity contribution in [1.29, 1.82) is 0 Å². The number of ether oxygens (including phenoxy) is 2. The van der Waals surface area contributed by atoms with Gasteiger partial charge >= 0.3 is 5.97 Å². The van der Waals surface area contributed by atoms with E-state index in [2.05, 4.69) is 4.74 Å². The van der Waals surface area contributed by atoms with Gasteiger partial charge in [0.2, 0.25) is 0 Å². The minimum atomic E-state index is -1.14. The van der Waals surface area contributed by atoms with Crippen molar-refractivity contribution in [2.24, 2.45) is 0 Å². The number of hydrogen-bond donors (Lipinski definition) is 1. The molecule has 0 aliphatic heterocycles. The smallest absolute Gasteiger partial charge is 0.335 e. The van der Waals surface area contributed by atoms with Crippen LogP contribution in [-0.4, -0.2) is 31.4 Å². The molecule has 0 spiro atoms. The normalized spacial score (nSPS) is 14.0. The van der Waals surface area contributed by atoms with Crippen molar-refractivity contribution in [3.63, 3.8) is 0 Å². The summed E-state index contributed by atoms with van der Waals surface area (Å²) >= 11 is 0. The van der Waals surface area contributed by atoms with Crippen molar-refractivity contribution in [2.45, 2.75) is 18.9 Å². The molecule has 1 N–H and O–H groups in total. The predicted molar refractivity (Wildman–Crippen MR) is 59.4 cm³/mol. The van der Waals surface area contributed by atoms with E-state index in [9.17, 15) is 9.90 Å². The highest BCUT2D eigenvalue weighted by Gasteiger charge is 2.24. The van der Waals surface area contributed by atoms with Gasteiger partial charge in [0.1, 0.15) is 5.75 Å². The summed E-state index contributed by atoms with van der Waals surface area (Å²) in [6, 6.07) is 7.21. The summed E-state index contributed by atoms with van der Waals surface area (Å²) in [5.41, 5.74) is 0.860. The van der Waals surface area contributed by atoms with E-state index in [0.29, 0.717) is 0 Å². The molecule has 0 bridgehead atoms. The highest BCUT2D eigenvalue weighted by Crippen LogP contribution is 2.22. The summed E-state index contributed by atoms with van der Waals surface area (Å²) < 4.78 is 9.51. The monoisotopic (exact) mass is 224 g/mol. The van der Waals surface area contributed by atoms with Crippen molar-refractivity contribution in [3.05, 3.63) is 29.8 Å². The molecule has 1 rings (SSSR count). The first-order valence-electron chi connectivity index (χ1n) is 5.00. The standard InChI is InChI=1S/C12H16O4/c1-8(11(13)12(14)16-3)9-4-6-10(15-2)7-5-9/h4-8,11,13H,1-3H3. The maximum atomic E-state index is 11.2. The lowest BCUT2D eigenvalue weighted by Gasteiger charge is -2.17. The number of benzene rings is 1. The SMILES string of the molecule is COC(=O)C(O)C(C)c1ccc(OC)cc1. The number of methoxy groups -OCH3 is 2. The summed E-state index contributed by atoms with van der Waals surface area (Å²) in [5, 5.41) is 9.66. The van der Waals surface area contributed by atoms with E-state index in [-0.39, 0.29) is 5.92 Å². The number of carbonyl (C=O) groups is 1. The van der Waals surface area contributed by atoms with E-state index < -0.39 is 12.1 Å². The van der Waals surface area contributed by atoms with Gasteiger partial charge in [-0.2, -0.15) is 0 Å². The molecule has 16 heavy (non-hydrogen) atoms. The fourth-order valence-electron chi connectivity index (χ4n) is 1.41. The zero-order valence-corrected chi connectivity index (χ0v) is 9.64. The molecule has 2 atom stereocenters. The number of esters is 1. The van der Waals surface area contributed by atoms with Crippen molar-refractivity contribution in [1.82, 2.24) is 0 Å². The third kappa shape index (κ3) is 2.73. The topological polar surface area (TPSA) is 55.8 Å². The molecule has 0 saturated heterocycles. The summed E-state index contributed by atoms with van der Waals surface area (Å²) in [5.74, 6) is -0.190. The van der Waals surface area contributed by atoms with Crippen LogP contribution < -0.4 is 4.74 Å². The number of rotatable bonds is 4. The van der Waals surface area contributed by atoms with Gasteiger partial charge in [0, 0.05) is 5.92 Å². The Morgan fingerprint density at radius 1 is 1.25 bits per heavy atom. The minimum absolute atomic E-state index is 0.307. The molecular formula is C12H16O4. The van der Waals surface area contributed by atoms with Crippen molar-refractivity contribution in [2.75, 3.05) is 14.2 Å². The first-order chi connectivity index (χ1) is 7.60. The molecule has 0 aromatic heterocycles. The van der Waals surface area contributed by atoms with Crippen molar-refractivity contribution < 1.29 is 19.4 Å². The van der Waals surface area contributed by atoms with Gasteiger partial charge in [0.25, 0.3) is 0 Å². The number of hydrogen-bond acceptors (Lipinski definition) is 4. The number of carbonyl (C=O) groups excluding carboxylic acids is 1. The van der Waals surface area contributed by atoms with Gasteiger partial charge in [0.15, 0.2) is 6.10 Å². The van der Waals surface area contributed by atoms with E-state index in [1.54, 1.807) is 26.2 Å². The maximum Gasteiger partial charge on any atom is 0.335 e. The van der Waals surface area contributed by atoms with Gasteiger partial charge in [0.05, 0.1) is 14.2 Å². The third-order valence-corrected chi connectivity index (χ3v) is 2.56. The summed E-state index contributed by atoms with van der Waals surface area (Å²) in [7, 11) is 2.84. The molecule has 4 heteroatoms. The lowest BCUT2D eigenvalue weighted by molar-refractivity contribution is -0.151. The van der Waals surface area contributed by atoms with Gasteiger partial charge < -0.3 is 14.6 Å². The van der Waals surface area contributed by atoms with Crippen LogP contribution in [0.5, 0.6) is 5.75 Å². The third-order valence-electron chi connectivity index (χ3n) is 2.56. The minimum Gasteiger partial charge on any atom is -0.497 e. The van der Waals surface area contributed by atoms with E-state index in [4.69, 9.17) is 4.74 Å². The molecule has 0 aliphatic carbocycles. The second-order valence-corrected chi connectivity index (χ2v) is 3.53. The Labute approximate surface area is 94.8 Å². The largest absolute Gasteiger partial charge is 0.497 e. The number of aliphatic hydroxyl groups excluding tert-OH is 1. The zero-order valence-electron chi connectivity index (χ0n) is 9.64. The van der Waals surface area contributed by atoms with E-state index in [1.165, 1.54) is 7.11 Å². The second-order valence-electron chi connectivity index (χ2n) is 3.53. The molecule has 0 radical (unpaired) electrons. The summed E-state index contributed by atoms with van der Waals surface area (Å²) in [6.45, 7) is 1.77. The van der Waals surface area contributed by atoms with Crippen molar-refractivity contribution in [3.8, 4) is 5.75 Å². The highest BCUT2D eigenvalue weighted by atomic mass is 16.5. The highest BCUT2D eigenvalue weighted by molar-refractivity contribution is 5.75. The van der Waals surface area contributed by atoms with Crippen LogP contribution in [0.3, 0.4) is 0 Å². The van der Waals surface area contributed by atoms with Crippen molar-refractivity contribution >= 4 is 5.97 Å². The van der Waals surface area contributed by atoms with Crippen LogP contribution >= 0.6 is 0 Å². The fraction of sp³-hybridized carbons (Fsp3) is 0.417. The molecule has 1 aromatic carbocycles. The van der Waals surface area contributed by atoms with Crippen LogP contribution in [0, 0.1) is 0 Å². The van der Waals surface area contributed by atoms with Gasteiger partial charge in [-0.1, -0.05) is 19.1 Å². The molecule has 0 amide bonds. The van der Waals surface area contributed by atoms with Crippen LogP contribution in [0.25, 0.3) is 0 Å². The zero-order chi connectivity index (χ0) is 12.1. The van der Waals surface area contributed by atoms with Gasteiger partial charge in [-0.05, 0) is 17.7 Å². The van der Waals surface area contributed by atoms with Crippen LogP contribution in [0.1, 0.15) is 18.4 Å². The lowest BCUT2D eigenvalue weighted by atomic mass is 9.95. The molecule has 0 saturated carbocycles. The Morgan fingerprint density at radius 3 is 2.25 bits per heavy atom. The van der Waals surface area contributed by atoms with E-state index in [1.807, 2.05) is 12.1 Å². The summed E-state index contributed by atoms with van der Waals surface area (Å²) in [4.78, 5) is 11.2. The summed E-state index contributed by atoms with van der Waals surface area (Å²) in [6.07, 6.45) is -1.14. The van der Waals surface area contributed by atoms with Crippen LogP contribution in [-0.2, 0) is 9.53 Å². The van der Waals surface area contributed by atoms with E-state index in [0.717, 1.165) is 11.3 Å². The van der Waals surface area contributed by atoms with Gasteiger partial charge in [-0.25, -0.2) is 4.79 Å². The lowest BCUT2D eigenvalue weighted by Crippen LogP contribution is -2.27.